The highest BCUT2D eigenvalue weighted by molar-refractivity contribution is 5.78. The van der Waals surface area contributed by atoms with Crippen LogP contribution in [-0.2, 0) is 4.79 Å². The summed E-state index contributed by atoms with van der Waals surface area (Å²) in [6.45, 7) is 10.6. The van der Waals surface area contributed by atoms with E-state index in [1.54, 1.807) is 0 Å². The first-order valence-electron chi connectivity index (χ1n) is 8.97. The molecule has 0 N–H and O–H groups in total. The van der Waals surface area contributed by atoms with E-state index in [1.165, 1.54) is 6.92 Å². The Morgan fingerprint density at radius 3 is 2.23 bits per heavy atom. The Labute approximate surface area is 135 Å². The predicted molar refractivity (Wildman–Crippen MR) is 89.2 cm³/mol. The molecule has 0 radical (unpaired) electrons. The Bertz CT molecular complexity index is 307. The van der Waals surface area contributed by atoms with E-state index >= 15 is 0 Å². The van der Waals surface area contributed by atoms with Crippen LogP contribution in [0.4, 0.5) is 8.78 Å². The van der Waals surface area contributed by atoms with E-state index in [0.717, 1.165) is 32.1 Å². The van der Waals surface area contributed by atoms with Crippen LogP contribution in [0.15, 0.2) is 0 Å². The summed E-state index contributed by atoms with van der Waals surface area (Å²) in [6.07, 6.45) is 4.47. The van der Waals surface area contributed by atoms with Crippen molar-refractivity contribution < 1.29 is 13.6 Å². The van der Waals surface area contributed by atoms with Gasteiger partial charge < -0.3 is 4.90 Å². The maximum Gasteiger partial charge on any atom is 0.248 e. The molecule has 0 aromatic heterocycles. The number of hydrogen-bond acceptors (Lipinski definition) is 1. The van der Waals surface area contributed by atoms with E-state index in [2.05, 4.69) is 6.92 Å². The molecule has 0 aromatic carbocycles. The molecule has 1 amide bonds. The van der Waals surface area contributed by atoms with Crippen molar-refractivity contribution in [3.05, 3.63) is 0 Å². The number of hydrogen-bond donors (Lipinski definition) is 0. The number of carbonyl (C=O) groups is 1. The smallest absolute Gasteiger partial charge is 0.248 e. The molecule has 2 unspecified atom stereocenters. The van der Waals surface area contributed by atoms with E-state index in [-0.39, 0.29) is 30.6 Å². The van der Waals surface area contributed by atoms with E-state index in [0.29, 0.717) is 13.1 Å². The first-order valence-corrected chi connectivity index (χ1v) is 8.97. The number of carbonyl (C=O) groups excluding carboxylic acids is 1. The molecule has 0 fully saturated rings. The molecule has 0 aliphatic rings. The Balaban J connectivity index is 4.71. The Morgan fingerprint density at radius 2 is 1.77 bits per heavy atom. The van der Waals surface area contributed by atoms with Crippen LogP contribution in [0.25, 0.3) is 0 Å². The number of alkyl halides is 2. The minimum absolute atomic E-state index is 0.0467. The quantitative estimate of drug-likeness (QED) is 0.464. The summed E-state index contributed by atoms with van der Waals surface area (Å²) in [4.78, 5) is 14.5. The molecule has 0 aliphatic heterocycles. The molecule has 0 aliphatic carbocycles. The lowest BCUT2D eigenvalue weighted by atomic mass is 9.96. The van der Waals surface area contributed by atoms with Crippen LogP contribution in [0.5, 0.6) is 0 Å². The first-order chi connectivity index (χ1) is 10.3. The Kier molecular flexibility index (Phi) is 10.6. The largest absolute Gasteiger partial charge is 0.342 e. The van der Waals surface area contributed by atoms with E-state index in [1.807, 2.05) is 25.7 Å². The Hall–Kier alpha value is -0.670. The van der Waals surface area contributed by atoms with Crippen LogP contribution in [0, 0.1) is 11.8 Å². The summed E-state index contributed by atoms with van der Waals surface area (Å²) < 4.78 is 27.1. The van der Waals surface area contributed by atoms with Gasteiger partial charge in [-0.2, -0.15) is 0 Å². The van der Waals surface area contributed by atoms with Crippen molar-refractivity contribution in [1.82, 2.24) is 4.90 Å². The lowest BCUT2D eigenvalue weighted by molar-refractivity contribution is -0.137. The summed E-state index contributed by atoms with van der Waals surface area (Å²) in [7, 11) is 0. The van der Waals surface area contributed by atoms with Gasteiger partial charge in [0.2, 0.25) is 11.8 Å². The third-order valence-electron chi connectivity index (χ3n) is 4.25. The minimum atomic E-state index is -2.62. The molecule has 0 saturated carbocycles. The highest BCUT2D eigenvalue weighted by atomic mass is 19.3. The van der Waals surface area contributed by atoms with Crippen LogP contribution >= 0.6 is 0 Å². The molecule has 132 valence electrons. The second-order valence-electron chi connectivity index (χ2n) is 6.55. The van der Waals surface area contributed by atoms with Crippen molar-refractivity contribution in [2.45, 2.75) is 85.5 Å². The van der Waals surface area contributed by atoms with Crippen molar-refractivity contribution in [3.63, 3.8) is 0 Å². The van der Waals surface area contributed by atoms with Gasteiger partial charge >= 0.3 is 0 Å². The Morgan fingerprint density at radius 1 is 1.14 bits per heavy atom. The van der Waals surface area contributed by atoms with Gasteiger partial charge in [-0.1, -0.05) is 47.5 Å². The number of unbranched alkanes of at least 4 members (excludes halogenated alkanes) is 1. The van der Waals surface area contributed by atoms with Gasteiger partial charge in [-0.15, -0.1) is 0 Å². The molecule has 0 bridgehead atoms. The zero-order chi connectivity index (χ0) is 17.2. The maximum absolute atomic E-state index is 13.5. The van der Waals surface area contributed by atoms with E-state index in [9.17, 15) is 13.6 Å². The van der Waals surface area contributed by atoms with Gasteiger partial charge in [0.25, 0.3) is 0 Å². The maximum atomic E-state index is 13.5. The second-order valence-corrected chi connectivity index (χ2v) is 6.55. The fourth-order valence-corrected chi connectivity index (χ4v) is 2.87. The van der Waals surface area contributed by atoms with Crippen molar-refractivity contribution in [3.8, 4) is 0 Å². The molecule has 22 heavy (non-hydrogen) atoms. The molecule has 2 atom stereocenters. The molecule has 4 heteroatoms. The molecule has 0 saturated heterocycles. The van der Waals surface area contributed by atoms with Crippen LogP contribution < -0.4 is 0 Å². The lowest BCUT2D eigenvalue weighted by Gasteiger charge is -2.30. The molecule has 0 aromatic rings. The molecular formula is C18H35F2NO. The third-order valence-corrected chi connectivity index (χ3v) is 4.25. The highest BCUT2D eigenvalue weighted by Gasteiger charge is 2.31. The first kappa shape index (κ1) is 21.3. The van der Waals surface area contributed by atoms with E-state index in [4.69, 9.17) is 0 Å². The molecule has 0 spiro atoms. The molecule has 2 nitrogen and oxygen atoms in total. The summed E-state index contributed by atoms with van der Waals surface area (Å²) in [5.41, 5.74) is 0. The van der Waals surface area contributed by atoms with E-state index < -0.39 is 5.92 Å². The minimum Gasteiger partial charge on any atom is -0.342 e. The SMILES string of the molecule is CCCCC(CC)C(=O)N(CCC)CC(C)CC(F)(F)CC. The highest BCUT2D eigenvalue weighted by Crippen LogP contribution is 2.27. The van der Waals surface area contributed by atoms with Gasteiger partial charge in [0.1, 0.15) is 0 Å². The number of nitrogens with zero attached hydrogens (tertiary/aromatic N) is 1. The third kappa shape index (κ3) is 8.09. The van der Waals surface area contributed by atoms with Crippen LogP contribution in [0.2, 0.25) is 0 Å². The predicted octanol–water partition coefficient (Wildman–Crippen LogP) is 5.51. The van der Waals surface area contributed by atoms with Crippen molar-refractivity contribution >= 4 is 5.91 Å². The normalized spacial score (nSPS) is 14.7. The summed E-state index contributed by atoms with van der Waals surface area (Å²) in [5.74, 6) is -2.59. The zero-order valence-electron chi connectivity index (χ0n) is 15.1. The van der Waals surface area contributed by atoms with Crippen LogP contribution in [-0.4, -0.2) is 29.8 Å². The lowest BCUT2D eigenvalue weighted by Crippen LogP contribution is -2.40. The van der Waals surface area contributed by atoms with Gasteiger partial charge in [-0.05, 0) is 25.2 Å². The van der Waals surface area contributed by atoms with Crippen LogP contribution in [0.1, 0.15) is 79.6 Å². The van der Waals surface area contributed by atoms with Crippen LogP contribution in [0.3, 0.4) is 0 Å². The fourth-order valence-electron chi connectivity index (χ4n) is 2.87. The topological polar surface area (TPSA) is 20.3 Å². The summed E-state index contributed by atoms with van der Waals surface area (Å²) in [5, 5.41) is 0. The summed E-state index contributed by atoms with van der Waals surface area (Å²) in [6, 6.07) is 0. The zero-order valence-corrected chi connectivity index (χ0v) is 15.1. The molecular weight excluding hydrogens is 284 g/mol. The van der Waals surface area contributed by atoms with Gasteiger partial charge in [-0.3, -0.25) is 4.79 Å². The van der Waals surface area contributed by atoms with Crippen molar-refractivity contribution in [2.75, 3.05) is 13.1 Å². The molecule has 0 rings (SSSR count). The average Bonchev–Trinajstić information content (AvgIpc) is 2.46. The second kappa shape index (κ2) is 11.0. The average molecular weight is 319 g/mol. The number of rotatable bonds is 12. The van der Waals surface area contributed by atoms with Gasteiger partial charge in [-0.25, -0.2) is 8.78 Å². The fraction of sp³-hybridized carbons (Fsp3) is 0.944. The summed E-state index contributed by atoms with van der Waals surface area (Å²) >= 11 is 0. The van der Waals surface area contributed by atoms with Gasteiger partial charge in [0.05, 0.1) is 0 Å². The number of amides is 1. The van der Waals surface area contributed by atoms with Gasteiger partial charge in [0.15, 0.2) is 0 Å². The number of halogens is 2. The van der Waals surface area contributed by atoms with Gasteiger partial charge in [0, 0.05) is 31.8 Å². The molecule has 0 heterocycles. The van der Waals surface area contributed by atoms with Crippen molar-refractivity contribution in [2.24, 2.45) is 11.8 Å². The standard InChI is InChI=1S/C18H35F2NO/c1-6-10-11-16(8-3)17(22)21(12-7-2)14-15(5)13-18(19,20)9-4/h15-16H,6-14H2,1-5H3. The van der Waals surface area contributed by atoms with Crippen molar-refractivity contribution in [1.29, 1.82) is 0 Å². The monoisotopic (exact) mass is 319 g/mol.